The number of fused-ring (bicyclic) bond motifs is 3. The second-order valence-corrected chi connectivity index (χ2v) is 6.66. The lowest BCUT2D eigenvalue weighted by Gasteiger charge is -2.31. The number of nitrogens with zero attached hydrogens (tertiary/aromatic N) is 4. The Morgan fingerprint density at radius 1 is 1.17 bits per heavy atom. The lowest BCUT2D eigenvalue weighted by molar-refractivity contribution is 0.181. The third-order valence-electron chi connectivity index (χ3n) is 5.23. The van der Waals surface area contributed by atoms with Crippen molar-refractivity contribution in [3.8, 4) is 11.3 Å². The van der Waals surface area contributed by atoms with Crippen molar-refractivity contribution in [3.63, 3.8) is 0 Å². The summed E-state index contributed by atoms with van der Waals surface area (Å²) in [6.45, 7) is 2.68. The average molecular weight is 318 g/mol. The molecular formula is C19H18N4O. The van der Waals surface area contributed by atoms with Crippen LogP contribution in [-0.4, -0.2) is 32.0 Å². The number of benzene rings is 1. The third kappa shape index (κ3) is 2.08. The number of pyridine rings is 1. The van der Waals surface area contributed by atoms with Crippen molar-refractivity contribution in [1.82, 2.24) is 19.4 Å². The van der Waals surface area contributed by atoms with Gasteiger partial charge in [0.25, 0.3) is 5.56 Å². The first-order valence-electron chi connectivity index (χ1n) is 8.48. The highest BCUT2D eigenvalue weighted by molar-refractivity contribution is 5.83. The Balaban J connectivity index is 1.67. The first kappa shape index (κ1) is 13.9. The molecule has 1 atom stereocenters. The fraction of sp³-hybridized carbons (Fsp3) is 0.316. The minimum Gasteiger partial charge on any atom is -0.293 e. The molecule has 5 nitrogen and oxygen atoms in total. The van der Waals surface area contributed by atoms with Gasteiger partial charge in [-0.25, -0.2) is 4.98 Å². The van der Waals surface area contributed by atoms with Crippen molar-refractivity contribution in [3.05, 3.63) is 58.8 Å². The lowest BCUT2D eigenvalue weighted by Crippen LogP contribution is -2.43. The normalized spacial score (nSPS) is 20.1. The minimum absolute atomic E-state index is 0.0918. The van der Waals surface area contributed by atoms with E-state index in [4.69, 9.17) is 4.98 Å². The van der Waals surface area contributed by atoms with Gasteiger partial charge in [0.2, 0.25) is 0 Å². The summed E-state index contributed by atoms with van der Waals surface area (Å²) in [5, 5.41) is 0.699. The van der Waals surface area contributed by atoms with Crippen molar-refractivity contribution < 1.29 is 0 Å². The molecule has 24 heavy (non-hydrogen) atoms. The summed E-state index contributed by atoms with van der Waals surface area (Å²) in [4.78, 5) is 24.6. The summed E-state index contributed by atoms with van der Waals surface area (Å²) in [7, 11) is 0. The van der Waals surface area contributed by atoms with Gasteiger partial charge in [0.05, 0.1) is 23.1 Å². The molecule has 0 radical (unpaired) electrons. The van der Waals surface area contributed by atoms with E-state index in [0.717, 1.165) is 42.2 Å². The quantitative estimate of drug-likeness (QED) is 0.691. The molecule has 2 aliphatic rings. The molecule has 1 aromatic carbocycles. The van der Waals surface area contributed by atoms with Crippen molar-refractivity contribution in [2.24, 2.45) is 0 Å². The summed E-state index contributed by atoms with van der Waals surface area (Å²) in [6.07, 6.45) is 4.18. The highest BCUT2D eigenvalue weighted by Crippen LogP contribution is 2.26. The Labute approximate surface area is 139 Å². The molecule has 5 rings (SSSR count). The van der Waals surface area contributed by atoms with Crippen LogP contribution in [0.1, 0.15) is 18.7 Å². The van der Waals surface area contributed by atoms with E-state index in [-0.39, 0.29) is 5.56 Å². The predicted octanol–water partition coefficient (Wildman–Crippen LogP) is 2.44. The Hall–Kier alpha value is -2.53. The van der Waals surface area contributed by atoms with Crippen LogP contribution in [0, 0.1) is 0 Å². The van der Waals surface area contributed by atoms with Crippen LogP contribution < -0.4 is 5.56 Å². The van der Waals surface area contributed by atoms with Crippen LogP contribution in [0.3, 0.4) is 0 Å². The van der Waals surface area contributed by atoms with Gasteiger partial charge in [-0.1, -0.05) is 12.1 Å². The number of aromatic nitrogens is 3. The Morgan fingerprint density at radius 2 is 2.12 bits per heavy atom. The third-order valence-corrected chi connectivity index (χ3v) is 5.23. The predicted molar refractivity (Wildman–Crippen MR) is 92.7 cm³/mol. The maximum Gasteiger partial charge on any atom is 0.261 e. The van der Waals surface area contributed by atoms with Crippen LogP contribution >= 0.6 is 0 Å². The fourth-order valence-electron chi connectivity index (χ4n) is 3.97. The summed E-state index contributed by atoms with van der Waals surface area (Å²) >= 11 is 0. The molecule has 2 aromatic heterocycles. The van der Waals surface area contributed by atoms with Gasteiger partial charge >= 0.3 is 0 Å². The van der Waals surface area contributed by atoms with Crippen LogP contribution in [0.15, 0.2) is 47.4 Å². The SMILES string of the molecule is O=c1c2ccc(-c3ccccn3)cc2nc2n1C[C@H]1CCCN1C2. The van der Waals surface area contributed by atoms with Gasteiger partial charge in [-0.15, -0.1) is 0 Å². The van der Waals surface area contributed by atoms with Crippen molar-refractivity contribution in [1.29, 1.82) is 0 Å². The highest BCUT2D eigenvalue weighted by Gasteiger charge is 2.31. The molecule has 0 spiro atoms. The molecule has 4 heterocycles. The van der Waals surface area contributed by atoms with Crippen LogP contribution in [0.2, 0.25) is 0 Å². The van der Waals surface area contributed by atoms with Crippen LogP contribution in [0.4, 0.5) is 0 Å². The topological polar surface area (TPSA) is 51.0 Å². The highest BCUT2D eigenvalue weighted by atomic mass is 16.1. The van der Waals surface area contributed by atoms with Gasteiger partial charge < -0.3 is 0 Å². The number of rotatable bonds is 1. The van der Waals surface area contributed by atoms with Crippen LogP contribution in [-0.2, 0) is 13.1 Å². The van der Waals surface area contributed by atoms with Crippen molar-refractivity contribution >= 4 is 10.9 Å². The molecule has 0 unspecified atom stereocenters. The lowest BCUT2D eigenvalue weighted by atomic mass is 10.1. The van der Waals surface area contributed by atoms with E-state index in [9.17, 15) is 4.79 Å². The smallest absolute Gasteiger partial charge is 0.261 e. The molecule has 0 aliphatic carbocycles. The zero-order valence-electron chi connectivity index (χ0n) is 13.4. The Bertz CT molecular complexity index is 980. The number of hydrogen-bond donors (Lipinski definition) is 0. The zero-order valence-corrected chi connectivity index (χ0v) is 13.4. The molecule has 2 aliphatic heterocycles. The molecule has 3 aromatic rings. The van der Waals surface area contributed by atoms with E-state index in [1.807, 2.05) is 41.0 Å². The van der Waals surface area contributed by atoms with Crippen LogP contribution in [0.5, 0.6) is 0 Å². The summed E-state index contributed by atoms with van der Waals surface area (Å²) < 4.78 is 1.88. The maximum atomic E-state index is 12.9. The molecule has 0 saturated carbocycles. The van der Waals surface area contributed by atoms with Crippen molar-refractivity contribution in [2.45, 2.75) is 32.0 Å². The van der Waals surface area contributed by atoms with Gasteiger partial charge in [-0.2, -0.15) is 0 Å². The van der Waals surface area contributed by atoms with Crippen LogP contribution in [0.25, 0.3) is 22.2 Å². The van der Waals surface area contributed by atoms with Crippen molar-refractivity contribution in [2.75, 3.05) is 6.54 Å². The number of hydrogen-bond acceptors (Lipinski definition) is 4. The molecule has 5 heteroatoms. The Morgan fingerprint density at radius 3 is 3.00 bits per heavy atom. The summed E-state index contributed by atoms with van der Waals surface area (Å²) in [6, 6.07) is 12.2. The largest absolute Gasteiger partial charge is 0.293 e. The molecule has 1 saturated heterocycles. The summed E-state index contributed by atoms with van der Waals surface area (Å²) in [5.74, 6) is 0.892. The second-order valence-electron chi connectivity index (χ2n) is 6.66. The fourth-order valence-corrected chi connectivity index (χ4v) is 3.97. The molecule has 0 bridgehead atoms. The zero-order chi connectivity index (χ0) is 16.1. The van der Waals surface area contributed by atoms with Gasteiger partial charge in [0.15, 0.2) is 0 Å². The first-order chi connectivity index (χ1) is 11.8. The second kappa shape index (κ2) is 5.24. The molecule has 0 amide bonds. The molecular weight excluding hydrogens is 300 g/mol. The maximum absolute atomic E-state index is 12.9. The molecule has 1 fully saturated rings. The Kier molecular flexibility index (Phi) is 3.03. The van der Waals surface area contributed by atoms with Gasteiger partial charge in [0.1, 0.15) is 5.82 Å². The monoisotopic (exact) mass is 318 g/mol. The van der Waals surface area contributed by atoms with Gasteiger partial charge in [0, 0.05) is 24.3 Å². The van der Waals surface area contributed by atoms with E-state index in [0.29, 0.717) is 11.4 Å². The van der Waals surface area contributed by atoms with E-state index in [1.54, 1.807) is 6.20 Å². The standard InChI is InChI=1S/C19H18N4O/c24-19-15-7-6-13(16-5-1-2-8-20-16)10-17(15)21-18-12-22-9-3-4-14(22)11-23(18)19/h1-2,5-8,10,14H,3-4,9,11-12H2/t14-/m1/s1. The van der Waals surface area contributed by atoms with E-state index in [2.05, 4.69) is 9.88 Å². The van der Waals surface area contributed by atoms with E-state index < -0.39 is 0 Å². The molecule has 120 valence electrons. The van der Waals surface area contributed by atoms with E-state index >= 15 is 0 Å². The minimum atomic E-state index is 0.0918. The molecule has 0 N–H and O–H groups in total. The first-order valence-corrected chi connectivity index (χ1v) is 8.48. The summed E-state index contributed by atoms with van der Waals surface area (Å²) in [5.41, 5.74) is 2.76. The van der Waals surface area contributed by atoms with Gasteiger partial charge in [-0.05, 0) is 43.7 Å². The van der Waals surface area contributed by atoms with Gasteiger partial charge in [-0.3, -0.25) is 19.2 Å². The average Bonchev–Trinajstić information content (AvgIpc) is 3.08. The van der Waals surface area contributed by atoms with E-state index in [1.165, 1.54) is 12.8 Å².